The van der Waals surface area contributed by atoms with Crippen LogP contribution in [0.5, 0.6) is 0 Å². The van der Waals surface area contributed by atoms with E-state index in [1.807, 2.05) is 20.8 Å². The molecule has 9 heteroatoms. The molecule has 2 aromatic rings. The zero-order chi connectivity index (χ0) is 18.9. The minimum atomic E-state index is -0.515. The molecule has 8 nitrogen and oxygen atoms in total. The number of ether oxygens (including phenoxy) is 1. The number of carbonyl (C=O) groups excluding carboxylic acids is 1. The summed E-state index contributed by atoms with van der Waals surface area (Å²) < 4.78 is 6.33. The van der Waals surface area contributed by atoms with Gasteiger partial charge in [0.15, 0.2) is 5.13 Å². The van der Waals surface area contributed by atoms with Crippen molar-refractivity contribution in [1.29, 1.82) is 0 Å². The highest BCUT2D eigenvalue weighted by atomic mass is 32.1. The Bertz CT molecular complexity index is 830. The van der Waals surface area contributed by atoms with Gasteiger partial charge < -0.3 is 15.0 Å². The number of hydrogen-bond donors (Lipinski definition) is 1. The number of piperidine rings is 1. The van der Waals surface area contributed by atoms with Gasteiger partial charge in [-0.05, 0) is 39.7 Å². The average Bonchev–Trinajstić information content (AvgIpc) is 2.94. The van der Waals surface area contributed by atoms with Crippen molar-refractivity contribution in [3.63, 3.8) is 0 Å². The summed E-state index contributed by atoms with van der Waals surface area (Å²) in [5, 5.41) is 14.9. The van der Waals surface area contributed by atoms with Crippen molar-refractivity contribution >= 4 is 38.5 Å². The molecule has 1 fully saturated rings. The summed E-state index contributed by atoms with van der Waals surface area (Å²) >= 11 is 1.45. The molecule has 3 rings (SSSR count). The highest BCUT2D eigenvalue weighted by molar-refractivity contribution is 7.22. The minimum Gasteiger partial charge on any atom is -0.444 e. The van der Waals surface area contributed by atoms with Crippen molar-refractivity contribution in [2.24, 2.45) is 0 Å². The average molecular weight is 378 g/mol. The number of amides is 1. The lowest BCUT2D eigenvalue weighted by Crippen LogP contribution is -2.46. The molecule has 1 aliphatic heterocycles. The predicted molar refractivity (Wildman–Crippen MR) is 101 cm³/mol. The van der Waals surface area contributed by atoms with Crippen LogP contribution >= 0.6 is 11.3 Å². The van der Waals surface area contributed by atoms with Crippen molar-refractivity contribution in [3.05, 3.63) is 28.3 Å². The van der Waals surface area contributed by atoms with E-state index in [2.05, 4.69) is 10.3 Å². The SMILES string of the molecule is CC(C)(C)OC(=O)N1CCC[C@H](Nc2nc3cc([N+](=O)[O-])ccc3s2)C1. The summed E-state index contributed by atoms with van der Waals surface area (Å²) in [6.07, 6.45) is 1.51. The summed E-state index contributed by atoms with van der Waals surface area (Å²) in [7, 11) is 0. The second-order valence-electron chi connectivity index (χ2n) is 7.34. The number of likely N-dealkylation sites (tertiary alicyclic amines) is 1. The van der Waals surface area contributed by atoms with Gasteiger partial charge >= 0.3 is 6.09 Å². The largest absolute Gasteiger partial charge is 0.444 e. The maximum Gasteiger partial charge on any atom is 0.410 e. The lowest BCUT2D eigenvalue weighted by molar-refractivity contribution is -0.384. The first-order chi connectivity index (χ1) is 12.2. The number of aromatic nitrogens is 1. The first-order valence-corrected chi connectivity index (χ1v) is 9.32. The number of thiazole rings is 1. The fraction of sp³-hybridized carbons (Fsp3) is 0.529. The monoisotopic (exact) mass is 378 g/mol. The molecule has 1 atom stereocenters. The van der Waals surface area contributed by atoms with Crippen LogP contribution < -0.4 is 5.32 Å². The Morgan fingerprint density at radius 2 is 2.23 bits per heavy atom. The van der Waals surface area contributed by atoms with Crippen molar-refractivity contribution in [2.75, 3.05) is 18.4 Å². The Labute approximate surface area is 155 Å². The van der Waals surface area contributed by atoms with Gasteiger partial charge in [-0.3, -0.25) is 10.1 Å². The molecule has 140 valence electrons. The normalized spacial score (nSPS) is 18.0. The summed E-state index contributed by atoms with van der Waals surface area (Å²) in [5.41, 5.74) is 0.119. The quantitative estimate of drug-likeness (QED) is 0.640. The van der Waals surface area contributed by atoms with Gasteiger partial charge in [0.05, 0.1) is 15.1 Å². The zero-order valence-corrected chi connectivity index (χ0v) is 15.8. The maximum absolute atomic E-state index is 12.3. The number of fused-ring (bicyclic) bond motifs is 1. The van der Waals surface area contributed by atoms with Crippen LogP contribution in [-0.4, -0.2) is 45.6 Å². The van der Waals surface area contributed by atoms with E-state index in [4.69, 9.17) is 4.74 Å². The number of anilines is 1. The predicted octanol–water partition coefficient (Wildman–Crippen LogP) is 4.02. The van der Waals surface area contributed by atoms with Crippen molar-refractivity contribution < 1.29 is 14.5 Å². The number of nitrogens with zero attached hydrogens (tertiary/aromatic N) is 3. The molecule has 2 heterocycles. The van der Waals surface area contributed by atoms with E-state index >= 15 is 0 Å². The van der Waals surface area contributed by atoms with E-state index in [-0.39, 0.29) is 17.8 Å². The summed E-state index contributed by atoms with van der Waals surface area (Å²) in [4.78, 5) is 28.9. The first-order valence-electron chi connectivity index (χ1n) is 8.51. The Balaban J connectivity index is 1.67. The van der Waals surface area contributed by atoms with Gasteiger partial charge in [-0.2, -0.15) is 0 Å². The van der Waals surface area contributed by atoms with Crippen LogP contribution in [0.15, 0.2) is 18.2 Å². The molecule has 0 radical (unpaired) electrons. The number of hydrogen-bond acceptors (Lipinski definition) is 7. The van der Waals surface area contributed by atoms with E-state index in [0.717, 1.165) is 17.5 Å². The molecule has 1 aromatic heterocycles. The third-order valence-electron chi connectivity index (χ3n) is 3.98. The lowest BCUT2D eigenvalue weighted by Gasteiger charge is -2.34. The molecule has 1 aromatic carbocycles. The molecular weight excluding hydrogens is 356 g/mol. The Morgan fingerprint density at radius 1 is 1.46 bits per heavy atom. The molecule has 26 heavy (non-hydrogen) atoms. The molecule has 0 saturated carbocycles. The van der Waals surface area contributed by atoms with Crippen LogP contribution in [0.25, 0.3) is 10.2 Å². The number of nitro groups is 1. The van der Waals surface area contributed by atoms with Gasteiger partial charge in [-0.25, -0.2) is 9.78 Å². The van der Waals surface area contributed by atoms with Crippen molar-refractivity contribution in [3.8, 4) is 0 Å². The third-order valence-corrected chi connectivity index (χ3v) is 4.95. The topological polar surface area (TPSA) is 97.6 Å². The van der Waals surface area contributed by atoms with Gasteiger partial charge in [0.25, 0.3) is 5.69 Å². The van der Waals surface area contributed by atoms with Gasteiger partial charge in [-0.1, -0.05) is 11.3 Å². The summed E-state index contributed by atoms with van der Waals surface area (Å²) in [6.45, 7) is 6.78. The van der Waals surface area contributed by atoms with E-state index in [1.165, 1.54) is 23.5 Å². The standard InChI is InChI=1S/C17H22N4O4S/c1-17(2,3)25-16(22)20-8-4-5-11(10-20)18-15-19-13-9-12(21(23)24)6-7-14(13)26-15/h6-7,9,11H,4-5,8,10H2,1-3H3,(H,18,19)/t11-/m0/s1. The van der Waals surface area contributed by atoms with Gasteiger partial charge in [-0.15, -0.1) is 0 Å². The second-order valence-corrected chi connectivity index (χ2v) is 8.37. The first kappa shape index (κ1) is 18.4. The lowest BCUT2D eigenvalue weighted by atomic mass is 10.1. The molecule has 0 bridgehead atoms. The van der Waals surface area contributed by atoms with Gasteiger partial charge in [0.2, 0.25) is 0 Å². The van der Waals surface area contributed by atoms with E-state index in [9.17, 15) is 14.9 Å². The number of rotatable bonds is 3. The molecule has 0 aliphatic carbocycles. The van der Waals surface area contributed by atoms with E-state index in [0.29, 0.717) is 23.7 Å². The highest BCUT2D eigenvalue weighted by Crippen LogP contribution is 2.30. The third kappa shape index (κ3) is 4.40. The molecule has 1 saturated heterocycles. The van der Waals surface area contributed by atoms with E-state index in [1.54, 1.807) is 11.0 Å². The number of non-ortho nitro benzene ring substituents is 1. The number of carbonyl (C=O) groups is 1. The molecule has 1 aliphatic rings. The van der Waals surface area contributed by atoms with Gasteiger partial charge in [0.1, 0.15) is 5.60 Å². The zero-order valence-electron chi connectivity index (χ0n) is 15.0. The summed E-state index contributed by atoms with van der Waals surface area (Å²) in [6, 6.07) is 4.75. The Morgan fingerprint density at radius 3 is 2.92 bits per heavy atom. The van der Waals surface area contributed by atoms with Crippen LogP contribution in [0, 0.1) is 10.1 Å². The van der Waals surface area contributed by atoms with Crippen LogP contribution in [0.2, 0.25) is 0 Å². The molecule has 1 N–H and O–H groups in total. The smallest absolute Gasteiger partial charge is 0.410 e. The van der Waals surface area contributed by atoms with Crippen LogP contribution in [0.3, 0.4) is 0 Å². The van der Waals surface area contributed by atoms with Crippen LogP contribution in [0.4, 0.5) is 15.6 Å². The fourth-order valence-corrected chi connectivity index (χ4v) is 3.78. The maximum atomic E-state index is 12.3. The van der Waals surface area contributed by atoms with Gasteiger partial charge in [0, 0.05) is 31.3 Å². The minimum absolute atomic E-state index is 0.0307. The number of benzene rings is 1. The number of nitro benzene ring substituents is 1. The van der Waals surface area contributed by atoms with E-state index < -0.39 is 10.5 Å². The Hall–Kier alpha value is -2.42. The molecule has 0 spiro atoms. The fourth-order valence-electron chi connectivity index (χ4n) is 2.85. The molecule has 1 amide bonds. The Kier molecular flexibility index (Phi) is 4.99. The highest BCUT2D eigenvalue weighted by Gasteiger charge is 2.28. The second kappa shape index (κ2) is 7.06. The molecule has 0 unspecified atom stereocenters. The van der Waals surface area contributed by atoms with Crippen LogP contribution in [0.1, 0.15) is 33.6 Å². The number of nitrogens with one attached hydrogen (secondary N) is 1. The summed E-state index contributed by atoms with van der Waals surface area (Å²) in [5.74, 6) is 0. The van der Waals surface area contributed by atoms with Crippen LogP contribution in [-0.2, 0) is 4.74 Å². The van der Waals surface area contributed by atoms with Crippen molar-refractivity contribution in [1.82, 2.24) is 9.88 Å². The van der Waals surface area contributed by atoms with Crippen molar-refractivity contribution in [2.45, 2.75) is 45.3 Å². The molecular formula is C17H22N4O4S.